The van der Waals surface area contributed by atoms with E-state index in [1.54, 1.807) is 11.3 Å². The molecule has 5 nitrogen and oxygen atoms in total. The highest BCUT2D eigenvalue weighted by molar-refractivity contribution is 7.09. The Hall–Kier alpha value is -1.53. The van der Waals surface area contributed by atoms with Gasteiger partial charge in [-0.05, 0) is 57.6 Å². The standard InChI is InChI=1S/C25H35NO4S/c1-16-12-18-6-5-10-25(4)21(30-25)13-20(8-7-19-15-31-17(2)26-19)29-22(27)9-11-24(3,14-18)23(16)28/h7-8,15-16,18,20-21H,5-6,9-14H2,1-4H3/b8-7+/t16-,18+,20?,21?,24?,25?/m1/s1. The van der Waals surface area contributed by atoms with Crippen molar-refractivity contribution < 1.29 is 19.1 Å². The first kappa shape index (κ1) is 22.7. The Kier molecular flexibility index (Phi) is 6.42. The van der Waals surface area contributed by atoms with Crippen LogP contribution in [0.2, 0.25) is 0 Å². The maximum Gasteiger partial charge on any atom is 0.306 e. The van der Waals surface area contributed by atoms with E-state index in [2.05, 4.69) is 25.8 Å². The second-order valence-corrected chi connectivity index (χ2v) is 11.4. The first-order chi connectivity index (χ1) is 14.7. The van der Waals surface area contributed by atoms with Crippen molar-refractivity contribution in [2.75, 3.05) is 0 Å². The lowest BCUT2D eigenvalue weighted by Crippen LogP contribution is -2.40. The van der Waals surface area contributed by atoms with Crippen molar-refractivity contribution in [1.82, 2.24) is 4.98 Å². The zero-order valence-electron chi connectivity index (χ0n) is 19.2. The Morgan fingerprint density at radius 2 is 2.03 bits per heavy atom. The third-order valence-corrected chi connectivity index (χ3v) is 8.31. The summed E-state index contributed by atoms with van der Waals surface area (Å²) in [7, 11) is 0. The number of cyclic esters (lactones) is 1. The maximum absolute atomic E-state index is 13.0. The van der Waals surface area contributed by atoms with Gasteiger partial charge in [0.1, 0.15) is 11.9 Å². The van der Waals surface area contributed by atoms with Crippen molar-refractivity contribution in [2.45, 2.75) is 96.9 Å². The van der Waals surface area contributed by atoms with E-state index >= 15 is 0 Å². The highest BCUT2D eigenvalue weighted by Gasteiger charge is 2.52. The summed E-state index contributed by atoms with van der Waals surface area (Å²) in [4.78, 5) is 30.2. The number of epoxide rings is 1. The Balaban J connectivity index is 1.50. The van der Waals surface area contributed by atoms with Gasteiger partial charge in [0.05, 0.1) is 22.4 Å². The van der Waals surface area contributed by atoms with Gasteiger partial charge in [-0.2, -0.15) is 0 Å². The molecule has 1 aromatic rings. The van der Waals surface area contributed by atoms with Crippen LogP contribution < -0.4 is 0 Å². The van der Waals surface area contributed by atoms with E-state index < -0.39 is 5.41 Å². The number of rotatable bonds is 2. The Bertz CT molecular complexity index is 863. The molecule has 6 heteroatoms. The Morgan fingerprint density at radius 3 is 2.77 bits per heavy atom. The molecular formula is C25H35NO4S. The van der Waals surface area contributed by atoms with Crippen LogP contribution in [0.5, 0.6) is 0 Å². The molecule has 3 aliphatic rings. The summed E-state index contributed by atoms with van der Waals surface area (Å²) in [6.07, 6.45) is 10.3. The second-order valence-electron chi connectivity index (χ2n) is 10.4. The van der Waals surface area contributed by atoms with E-state index in [9.17, 15) is 9.59 Å². The molecule has 3 fully saturated rings. The smallest absolute Gasteiger partial charge is 0.306 e. The fraction of sp³-hybridized carbons (Fsp3) is 0.720. The number of fused-ring (bicyclic) bond motifs is 3. The first-order valence-corrected chi connectivity index (χ1v) is 12.6. The van der Waals surface area contributed by atoms with Crippen LogP contribution in [0.15, 0.2) is 11.5 Å². The molecule has 1 saturated carbocycles. The SMILES string of the molecule is Cc1nc(/C=C/C2CC3OC3(C)CCC[C@H]3C[C@@H](C)C(=O)C(C)(CCC(=O)O2)C3)cs1. The minimum absolute atomic E-state index is 0.0745. The number of Topliss-reactive ketones (excluding diaryl/α,β-unsaturated/α-hetero) is 1. The molecule has 1 aromatic heterocycles. The summed E-state index contributed by atoms with van der Waals surface area (Å²) < 4.78 is 11.9. The van der Waals surface area contributed by atoms with Gasteiger partial charge in [0.15, 0.2) is 0 Å². The van der Waals surface area contributed by atoms with Crippen LogP contribution in [0.4, 0.5) is 0 Å². The van der Waals surface area contributed by atoms with Crippen LogP contribution in [0, 0.1) is 24.2 Å². The molecule has 4 rings (SSSR count). The number of aryl methyl sites for hydroxylation is 1. The van der Waals surface area contributed by atoms with E-state index in [-0.39, 0.29) is 36.1 Å². The molecule has 2 saturated heterocycles. The molecule has 31 heavy (non-hydrogen) atoms. The van der Waals surface area contributed by atoms with Gasteiger partial charge in [0.2, 0.25) is 0 Å². The molecule has 1 aliphatic carbocycles. The van der Waals surface area contributed by atoms with E-state index in [0.29, 0.717) is 24.5 Å². The van der Waals surface area contributed by atoms with Crippen LogP contribution in [0.3, 0.4) is 0 Å². The molecule has 2 bridgehead atoms. The molecule has 4 unspecified atom stereocenters. The van der Waals surface area contributed by atoms with Gasteiger partial charge >= 0.3 is 5.97 Å². The summed E-state index contributed by atoms with van der Waals surface area (Å²) in [5.74, 6) is 0.712. The number of hydrogen-bond donors (Lipinski definition) is 0. The number of nitrogens with zero attached hydrogens (tertiary/aromatic N) is 1. The average molecular weight is 446 g/mol. The monoisotopic (exact) mass is 445 g/mol. The quantitative estimate of drug-likeness (QED) is 0.443. The number of aromatic nitrogens is 1. The number of carbonyl (C=O) groups is 2. The fourth-order valence-electron chi connectivity index (χ4n) is 5.66. The Morgan fingerprint density at radius 1 is 1.23 bits per heavy atom. The lowest BCUT2D eigenvalue weighted by molar-refractivity contribution is -0.149. The molecule has 0 aromatic carbocycles. The van der Waals surface area contributed by atoms with Crippen molar-refractivity contribution in [3.05, 3.63) is 22.2 Å². The molecule has 170 valence electrons. The maximum atomic E-state index is 13.0. The van der Waals surface area contributed by atoms with E-state index in [4.69, 9.17) is 9.47 Å². The average Bonchev–Trinajstić information content (AvgIpc) is 3.13. The minimum atomic E-state index is -0.419. The van der Waals surface area contributed by atoms with Crippen molar-refractivity contribution >= 4 is 29.2 Å². The highest BCUT2D eigenvalue weighted by atomic mass is 32.1. The van der Waals surface area contributed by atoms with Crippen LogP contribution in [-0.2, 0) is 19.1 Å². The summed E-state index contributed by atoms with van der Waals surface area (Å²) in [5.41, 5.74) is 0.342. The summed E-state index contributed by atoms with van der Waals surface area (Å²) >= 11 is 1.60. The topological polar surface area (TPSA) is 68.8 Å². The zero-order valence-corrected chi connectivity index (χ0v) is 20.0. The molecule has 0 spiro atoms. The molecular weight excluding hydrogens is 410 g/mol. The Labute approximate surface area is 189 Å². The van der Waals surface area contributed by atoms with Gasteiger partial charge in [0.25, 0.3) is 0 Å². The zero-order chi connectivity index (χ0) is 22.2. The highest BCUT2D eigenvalue weighted by Crippen LogP contribution is 2.47. The predicted octanol–water partition coefficient (Wildman–Crippen LogP) is 5.51. The van der Waals surface area contributed by atoms with Gasteiger partial charge in [-0.15, -0.1) is 11.3 Å². The number of esters is 1. The normalized spacial score (nSPS) is 39.6. The fourth-order valence-corrected chi connectivity index (χ4v) is 6.24. The van der Waals surface area contributed by atoms with E-state index in [0.717, 1.165) is 42.8 Å². The third-order valence-electron chi connectivity index (χ3n) is 7.52. The van der Waals surface area contributed by atoms with Crippen molar-refractivity contribution in [1.29, 1.82) is 0 Å². The molecule has 0 radical (unpaired) electrons. The largest absolute Gasteiger partial charge is 0.458 e. The van der Waals surface area contributed by atoms with Gasteiger partial charge in [-0.1, -0.05) is 26.7 Å². The molecule has 0 amide bonds. The molecule has 6 atom stereocenters. The van der Waals surface area contributed by atoms with Gasteiger partial charge < -0.3 is 9.47 Å². The molecule has 2 aliphatic heterocycles. The lowest BCUT2D eigenvalue weighted by Gasteiger charge is -2.40. The molecule has 0 N–H and O–H groups in total. The van der Waals surface area contributed by atoms with Crippen LogP contribution >= 0.6 is 11.3 Å². The van der Waals surface area contributed by atoms with Crippen LogP contribution in [0.1, 0.15) is 82.8 Å². The van der Waals surface area contributed by atoms with Crippen molar-refractivity contribution in [2.24, 2.45) is 17.3 Å². The summed E-state index contributed by atoms with van der Waals surface area (Å²) in [5, 5.41) is 3.01. The van der Waals surface area contributed by atoms with Crippen LogP contribution in [0.25, 0.3) is 6.08 Å². The lowest BCUT2D eigenvalue weighted by atomic mass is 9.63. The van der Waals surface area contributed by atoms with Gasteiger partial charge in [0, 0.05) is 29.6 Å². The van der Waals surface area contributed by atoms with E-state index in [1.807, 2.05) is 24.5 Å². The van der Waals surface area contributed by atoms with Gasteiger partial charge in [-0.3, -0.25) is 9.59 Å². The third kappa shape index (κ3) is 5.28. The number of ketones is 1. The predicted molar refractivity (Wildman–Crippen MR) is 122 cm³/mol. The second kappa shape index (κ2) is 8.78. The van der Waals surface area contributed by atoms with Crippen molar-refractivity contribution in [3.8, 4) is 0 Å². The number of ether oxygens (including phenoxy) is 2. The van der Waals surface area contributed by atoms with E-state index in [1.165, 1.54) is 0 Å². The summed E-state index contributed by atoms with van der Waals surface area (Å²) in [6, 6.07) is 0. The number of carbonyl (C=O) groups excluding carboxylic acids is 2. The minimum Gasteiger partial charge on any atom is -0.458 e. The number of thiazole rings is 1. The van der Waals surface area contributed by atoms with Crippen LogP contribution in [-0.4, -0.2) is 34.5 Å². The summed E-state index contributed by atoms with van der Waals surface area (Å²) in [6.45, 7) is 8.26. The first-order valence-electron chi connectivity index (χ1n) is 11.7. The number of hydrogen-bond acceptors (Lipinski definition) is 6. The molecule has 3 heterocycles. The van der Waals surface area contributed by atoms with Gasteiger partial charge in [-0.25, -0.2) is 4.98 Å². The van der Waals surface area contributed by atoms with Crippen molar-refractivity contribution in [3.63, 3.8) is 0 Å².